The summed E-state index contributed by atoms with van der Waals surface area (Å²) in [7, 11) is 0. The van der Waals surface area contributed by atoms with Crippen molar-refractivity contribution in [2.24, 2.45) is 0 Å². The monoisotopic (exact) mass is 418 g/mol. The van der Waals surface area contributed by atoms with Crippen molar-refractivity contribution in [1.82, 2.24) is 0 Å². The molecule has 2 aromatic carbocycles. The lowest BCUT2D eigenvalue weighted by Gasteiger charge is -2.19. The Balaban J connectivity index is 2.40. The summed E-state index contributed by atoms with van der Waals surface area (Å²) in [5.41, 5.74) is 8.61. The summed E-state index contributed by atoms with van der Waals surface area (Å²) in [6.07, 6.45) is 2.44. The predicted molar refractivity (Wildman–Crippen MR) is 127 cm³/mol. The van der Waals surface area contributed by atoms with Crippen molar-refractivity contribution >= 4 is 35.3 Å². The van der Waals surface area contributed by atoms with E-state index in [4.69, 9.17) is 0 Å². The zero-order valence-electron chi connectivity index (χ0n) is 18.2. The molecule has 0 fully saturated rings. The van der Waals surface area contributed by atoms with E-state index < -0.39 is 0 Å². The maximum absolute atomic E-state index is 2.40. The number of hydrogen-bond acceptors (Lipinski definition) is 3. The molecular formula is C24H34S3. The van der Waals surface area contributed by atoms with Gasteiger partial charge in [0.25, 0.3) is 0 Å². The highest BCUT2D eigenvalue weighted by atomic mass is 32.2. The van der Waals surface area contributed by atoms with Gasteiger partial charge >= 0.3 is 0 Å². The van der Waals surface area contributed by atoms with Gasteiger partial charge in [0.15, 0.2) is 0 Å². The van der Waals surface area contributed by atoms with Crippen LogP contribution in [0.25, 0.3) is 0 Å². The summed E-state index contributed by atoms with van der Waals surface area (Å²) in [6, 6.07) is 4.80. The number of aryl methyl sites for hydroxylation is 2. The average molecular weight is 419 g/mol. The van der Waals surface area contributed by atoms with Gasteiger partial charge in [0.05, 0.1) is 0 Å². The lowest BCUT2D eigenvalue weighted by Crippen LogP contribution is -1.96. The summed E-state index contributed by atoms with van der Waals surface area (Å²) < 4.78 is 0. The van der Waals surface area contributed by atoms with E-state index in [1.807, 2.05) is 35.3 Å². The van der Waals surface area contributed by atoms with Crippen LogP contribution in [0.5, 0.6) is 0 Å². The first-order valence-corrected chi connectivity index (χ1v) is 12.8. The molecule has 0 nitrogen and oxygen atoms in total. The van der Waals surface area contributed by atoms with Crippen molar-refractivity contribution in [2.45, 2.75) is 87.8 Å². The van der Waals surface area contributed by atoms with Crippen molar-refractivity contribution in [3.63, 3.8) is 0 Å². The van der Waals surface area contributed by atoms with Crippen LogP contribution in [0.4, 0.5) is 0 Å². The SMILES string of the molecule is CCCSc1c(C)cc(Sc2cc(C)c(SCCC)c(C)c2C)c(C)c1C. The summed E-state index contributed by atoms with van der Waals surface area (Å²) in [4.78, 5) is 5.77. The van der Waals surface area contributed by atoms with Gasteiger partial charge in [0, 0.05) is 19.6 Å². The van der Waals surface area contributed by atoms with Crippen LogP contribution in [0.1, 0.15) is 60.1 Å². The Labute approximate surface area is 179 Å². The van der Waals surface area contributed by atoms with Gasteiger partial charge in [-0.15, -0.1) is 23.5 Å². The topological polar surface area (TPSA) is 0 Å². The molecule has 27 heavy (non-hydrogen) atoms. The van der Waals surface area contributed by atoms with Gasteiger partial charge in [0.1, 0.15) is 0 Å². The summed E-state index contributed by atoms with van der Waals surface area (Å²) >= 11 is 5.96. The normalized spacial score (nSPS) is 11.3. The molecule has 0 spiro atoms. The predicted octanol–water partition coefficient (Wildman–Crippen LogP) is 8.69. The molecule has 0 aliphatic heterocycles. The molecule has 3 heteroatoms. The zero-order chi connectivity index (χ0) is 20.1. The van der Waals surface area contributed by atoms with E-state index in [-0.39, 0.29) is 0 Å². The summed E-state index contributed by atoms with van der Waals surface area (Å²) in [5, 5.41) is 0. The van der Waals surface area contributed by atoms with E-state index >= 15 is 0 Å². The second kappa shape index (κ2) is 10.3. The molecule has 0 saturated carbocycles. The van der Waals surface area contributed by atoms with E-state index in [9.17, 15) is 0 Å². The second-order valence-corrected chi connectivity index (χ2v) is 10.6. The Morgan fingerprint density at radius 3 is 1.30 bits per heavy atom. The van der Waals surface area contributed by atoms with Gasteiger partial charge < -0.3 is 0 Å². The van der Waals surface area contributed by atoms with Crippen LogP contribution in [0.3, 0.4) is 0 Å². The lowest BCUT2D eigenvalue weighted by atomic mass is 10.1. The van der Waals surface area contributed by atoms with Gasteiger partial charge in [-0.1, -0.05) is 25.6 Å². The van der Waals surface area contributed by atoms with Crippen molar-refractivity contribution in [3.8, 4) is 0 Å². The molecule has 0 atom stereocenters. The molecule has 0 heterocycles. The van der Waals surface area contributed by atoms with E-state index in [0.29, 0.717) is 0 Å². The number of rotatable bonds is 8. The molecule has 0 saturated heterocycles. The Morgan fingerprint density at radius 2 is 0.963 bits per heavy atom. The minimum atomic E-state index is 1.20. The van der Waals surface area contributed by atoms with Crippen LogP contribution in [-0.4, -0.2) is 11.5 Å². The lowest BCUT2D eigenvalue weighted by molar-refractivity contribution is 1.07. The maximum Gasteiger partial charge on any atom is 0.0157 e. The minimum Gasteiger partial charge on any atom is -0.126 e. The van der Waals surface area contributed by atoms with Crippen LogP contribution in [0, 0.1) is 41.5 Å². The fourth-order valence-electron chi connectivity index (χ4n) is 3.23. The van der Waals surface area contributed by atoms with Crippen molar-refractivity contribution in [3.05, 3.63) is 45.5 Å². The van der Waals surface area contributed by atoms with E-state index in [1.54, 1.807) is 0 Å². The first-order valence-electron chi connectivity index (χ1n) is 9.96. The van der Waals surface area contributed by atoms with Gasteiger partial charge in [-0.05, 0) is 111 Å². The average Bonchev–Trinajstić information content (AvgIpc) is 2.63. The first-order chi connectivity index (χ1) is 12.8. The third-order valence-corrected chi connectivity index (χ3v) is 9.42. The van der Waals surface area contributed by atoms with E-state index in [1.165, 1.54) is 77.3 Å². The molecule has 0 N–H and O–H groups in total. The smallest absolute Gasteiger partial charge is 0.0157 e. The van der Waals surface area contributed by atoms with Crippen LogP contribution in [-0.2, 0) is 0 Å². The largest absolute Gasteiger partial charge is 0.126 e. The van der Waals surface area contributed by atoms with Crippen LogP contribution >= 0.6 is 35.3 Å². The van der Waals surface area contributed by atoms with E-state index in [2.05, 4.69) is 67.5 Å². The van der Waals surface area contributed by atoms with Gasteiger partial charge in [0.2, 0.25) is 0 Å². The molecule has 0 aliphatic rings. The summed E-state index contributed by atoms with van der Waals surface area (Å²) in [6.45, 7) is 18.2. The molecule has 2 rings (SSSR count). The van der Waals surface area contributed by atoms with Gasteiger partial charge in [-0.2, -0.15) is 0 Å². The molecule has 0 bridgehead atoms. The number of thioether (sulfide) groups is 2. The number of benzene rings is 2. The first kappa shape index (κ1) is 22.8. The van der Waals surface area contributed by atoms with Gasteiger partial charge in [-0.3, -0.25) is 0 Å². The third kappa shape index (κ3) is 5.31. The fraction of sp³-hybridized carbons (Fsp3) is 0.500. The standard InChI is InChI=1S/C24H34S3/c1-9-11-25-23-15(3)13-21(17(5)19(23)7)27-22-14-16(4)24(26-12-10-2)20(8)18(22)6/h13-14H,9-12H2,1-8H3. The van der Waals surface area contributed by atoms with Crippen LogP contribution in [0.15, 0.2) is 31.7 Å². The molecule has 0 amide bonds. The Bertz CT molecular complexity index is 739. The zero-order valence-corrected chi connectivity index (χ0v) is 20.7. The third-order valence-electron chi connectivity index (χ3n) is 5.08. The Morgan fingerprint density at radius 1 is 0.593 bits per heavy atom. The molecule has 0 aliphatic carbocycles. The minimum absolute atomic E-state index is 1.20. The maximum atomic E-state index is 2.40. The highest BCUT2D eigenvalue weighted by Crippen LogP contribution is 2.41. The Hall–Kier alpha value is -0.510. The molecule has 0 unspecified atom stereocenters. The highest BCUT2D eigenvalue weighted by Gasteiger charge is 2.15. The second-order valence-electron chi connectivity index (χ2n) is 7.34. The number of hydrogen-bond donors (Lipinski definition) is 0. The van der Waals surface area contributed by atoms with Crippen LogP contribution in [0.2, 0.25) is 0 Å². The quantitative estimate of drug-likeness (QED) is 0.393. The van der Waals surface area contributed by atoms with Gasteiger partial charge in [-0.25, -0.2) is 0 Å². The van der Waals surface area contributed by atoms with E-state index in [0.717, 1.165) is 0 Å². The van der Waals surface area contributed by atoms with Crippen molar-refractivity contribution in [2.75, 3.05) is 11.5 Å². The highest BCUT2D eigenvalue weighted by molar-refractivity contribution is 8.00. The fourth-order valence-corrected chi connectivity index (χ4v) is 6.68. The Kier molecular flexibility index (Phi) is 8.70. The summed E-state index contributed by atoms with van der Waals surface area (Å²) in [5.74, 6) is 2.39. The van der Waals surface area contributed by atoms with Crippen LogP contribution < -0.4 is 0 Å². The molecule has 0 aromatic heterocycles. The molecule has 0 radical (unpaired) electrons. The molecular weight excluding hydrogens is 384 g/mol. The van der Waals surface area contributed by atoms with Crippen molar-refractivity contribution < 1.29 is 0 Å². The molecule has 2 aromatic rings. The molecule has 148 valence electrons. The van der Waals surface area contributed by atoms with Crippen molar-refractivity contribution in [1.29, 1.82) is 0 Å².